The van der Waals surface area contributed by atoms with Crippen LogP contribution in [0.2, 0.25) is 0 Å². The first-order chi connectivity index (χ1) is 12.2. The maximum atomic E-state index is 12.3. The first-order valence-corrected chi connectivity index (χ1v) is 7.75. The van der Waals surface area contributed by atoms with Crippen LogP contribution in [0.25, 0.3) is 6.08 Å². The fourth-order valence-corrected chi connectivity index (χ4v) is 2.32. The van der Waals surface area contributed by atoms with E-state index in [2.05, 4.69) is 5.32 Å². The van der Waals surface area contributed by atoms with Gasteiger partial charge in [-0.2, -0.15) is 5.26 Å². The van der Waals surface area contributed by atoms with Gasteiger partial charge >= 0.3 is 0 Å². The first-order valence-electron chi connectivity index (χ1n) is 7.75. The molecule has 0 aromatic heterocycles. The van der Waals surface area contributed by atoms with Gasteiger partial charge in [0.05, 0.1) is 6.61 Å². The number of anilines is 1. The molecular weight excluding hydrogens is 320 g/mol. The molecule has 0 atom stereocenters. The number of nitrogens with one attached hydrogen (secondary N) is 1. The predicted molar refractivity (Wildman–Crippen MR) is 92.4 cm³/mol. The van der Waals surface area contributed by atoms with Crippen LogP contribution in [-0.2, 0) is 4.79 Å². The minimum absolute atomic E-state index is 0.00671. The van der Waals surface area contributed by atoms with Crippen molar-refractivity contribution in [3.63, 3.8) is 0 Å². The molecule has 0 fully saturated rings. The quantitative estimate of drug-likeness (QED) is 0.669. The summed E-state index contributed by atoms with van der Waals surface area (Å²) in [6.07, 6.45) is 1.51. The van der Waals surface area contributed by atoms with Crippen LogP contribution < -0.4 is 19.5 Å². The Hall–Kier alpha value is -3.46. The van der Waals surface area contributed by atoms with Crippen molar-refractivity contribution in [2.45, 2.75) is 6.92 Å². The minimum Gasteiger partial charge on any atom is -0.494 e. The molecule has 1 aliphatic heterocycles. The van der Waals surface area contributed by atoms with Crippen molar-refractivity contribution in [2.24, 2.45) is 0 Å². The number of nitriles is 1. The normalized spacial score (nSPS) is 12.4. The van der Waals surface area contributed by atoms with Crippen LogP contribution >= 0.6 is 0 Å². The highest BCUT2D eigenvalue weighted by molar-refractivity contribution is 6.09. The topological polar surface area (TPSA) is 80.6 Å². The van der Waals surface area contributed by atoms with E-state index in [4.69, 9.17) is 14.2 Å². The third-order valence-corrected chi connectivity index (χ3v) is 3.50. The molecule has 25 heavy (non-hydrogen) atoms. The van der Waals surface area contributed by atoms with Crippen molar-refractivity contribution in [1.29, 1.82) is 5.26 Å². The summed E-state index contributed by atoms with van der Waals surface area (Å²) in [7, 11) is 0. The van der Waals surface area contributed by atoms with Crippen molar-refractivity contribution in [3.05, 3.63) is 53.6 Å². The van der Waals surface area contributed by atoms with Gasteiger partial charge < -0.3 is 19.5 Å². The van der Waals surface area contributed by atoms with Crippen molar-refractivity contribution < 1.29 is 19.0 Å². The lowest BCUT2D eigenvalue weighted by atomic mass is 10.1. The number of carbonyl (C=O) groups is 1. The van der Waals surface area contributed by atoms with Crippen LogP contribution in [0.4, 0.5) is 5.69 Å². The summed E-state index contributed by atoms with van der Waals surface area (Å²) in [5, 5.41) is 12.0. The third-order valence-electron chi connectivity index (χ3n) is 3.50. The Kier molecular flexibility index (Phi) is 4.86. The minimum atomic E-state index is -0.482. The van der Waals surface area contributed by atoms with Gasteiger partial charge in [0.1, 0.15) is 17.4 Å². The van der Waals surface area contributed by atoms with Crippen LogP contribution in [0.1, 0.15) is 12.5 Å². The molecule has 2 aromatic rings. The molecule has 0 saturated carbocycles. The highest BCUT2D eigenvalue weighted by Gasteiger charge is 2.14. The molecule has 0 aliphatic carbocycles. The summed E-state index contributed by atoms with van der Waals surface area (Å²) in [6.45, 7) is 2.64. The zero-order valence-corrected chi connectivity index (χ0v) is 13.6. The van der Waals surface area contributed by atoms with E-state index >= 15 is 0 Å². The molecule has 126 valence electrons. The average Bonchev–Trinajstić information content (AvgIpc) is 3.09. The lowest BCUT2D eigenvalue weighted by Gasteiger charge is -2.06. The maximum absolute atomic E-state index is 12.3. The van der Waals surface area contributed by atoms with E-state index in [1.54, 1.807) is 42.5 Å². The molecule has 1 heterocycles. The lowest BCUT2D eigenvalue weighted by Crippen LogP contribution is -2.13. The van der Waals surface area contributed by atoms with E-state index in [0.717, 1.165) is 5.75 Å². The van der Waals surface area contributed by atoms with Gasteiger partial charge in [0.2, 0.25) is 6.79 Å². The van der Waals surface area contributed by atoms with E-state index in [9.17, 15) is 10.1 Å². The molecule has 3 rings (SSSR count). The molecule has 2 aromatic carbocycles. The number of hydrogen-bond donors (Lipinski definition) is 1. The van der Waals surface area contributed by atoms with Gasteiger partial charge in [0.25, 0.3) is 5.91 Å². The van der Waals surface area contributed by atoms with Crippen LogP contribution in [0.5, 0.6) is 17.2 Å². The second-order valence-corrected chi connectivity index (χ2v) is 5.19. The zero-order valence-electron chi connectivity index (χ0n) is 13.6. The lowest BCUT2D eigenvalue weighted by molar-refractivity contribution is -0.112. The van der Waals surface area contributed by atoms with Crippen LogP contribution in [0, 0.1) is 11.3 Å². The van der Waals surface area contributed by atoms with E-state index in [1.165, 1.54) is 6.08 Å². The summed E-state index contributed by atoms with van der Waals surface area (Å²) in [5.74, 6) is 1.48. The summed E-state index contributed by atoms with van der Waals surface area (Å²) < 4.78 is 15.9. The summed E-state index contributed by atoms with van der Waals surface area (Å²) in [6, 6.07) is 14.1. The number of rotatable bonds is 5. The van der Waals surface area contributed by atoms with Crippen molar-refractivity contribution in [3.8, 4) is 23.3 Å². The smallest absolute Gasteiger partial charge is 0.266 e. The molecule has 1 aliphatic rings. The Morgan fingerprint density at radius 3 is 2.72 bits per heavy atom. The number of amides is 1. The van der Waals surface area contributed by atoms with Gasteiger partial charge in [0.15, 0.2) is 11.5 Å². The van der Waals surface area contributed by atoms with E-state index in [0.29, 0.717) is 29.4 Å². The standard InChI is InChI=1S/C19H16N2O4/c1-2-23-16-6-4-15(5-7-16)21-19(22)14(11-20)9-13-3-8-17-18(10-13)25-12-24-17/h3-10H,2,12H2,1H3,(H,21,22)/b14-9+. The Bertz CT molecular complexity index is 851. The molecular formula is C19H16N2O4. The molecule has 6 heteroatoms. The Balaban J connectivity index is 1.73. The van der Waals surface area contributed by atoms with Gasteiger partial charge in [-0.25, -0.2) is 0 Å². The van der Waals surface area contributed by atoms with Crippen LogP contribution in [-0.4, -0.2) is 19.3 Å². The van der Waals surface area contributed by atoms with Gasteiger partial charge in [-0.3, -0.25) is 4.79 Å². The largest absolute Gasteiger partial charge is 0.494 e. The zero-order chi connectivity index (χ0) is 17.6. The van der Waals surface area contributed by atoms with E-state index < -0.39 is 5.91 Å². The molecule has 0 spiro atoms. The Morgan fingerprint density at radius 2 is 2.00 bits per heavy atom. The molecule has 1 amide bonds. The highest BCUT2D eigenvalue weighted by atomic mass is 16.7. The summed E-state index contributed by atoms with van der Waals surface area (Å²) in [4.78, 5) is 12.3. The van der Waals surface area contributed by atoms with Crippen molar-refractivity contribution in [1.82, 2.24) is 0 Å². The number of carbonyl (C=O) groups excluding carboxylic acids is 1. The van der Waals surface area contributed by atoms with Gasteiger partial charge in [-0.05, 0) is 55.0 Å². The fraction of sp³-hybridized carbons (Fsp3) is 0.158. The number of ether oxygens (including phenoxy) is 3. The summed E-state index contributed by atoms with van der Waals surface area (Å²) >= 11 is 0. The highest BCUT2D eigenvalue weighted by Crippen LogP contribution is 2.33. The van der Waals surface area contributed by atoms with Crippen LogP contribution in [0.3, 0.4) is 0 Å². The number of hydrogen-bond acceptors (Lipinski definition) is 5. The predicted octanol–water partition coefficient (Wildman–Crippen LogP) is 3.36. The van der Waals surface area contributed by atoms with Gasteiger partial charge in [-0.15, -0.1) is 0 Å². The second kappa shape index (κ2) is 7.41. The van der Waals surface area contributed by atoms with Crippen molar-refractivity contribution >= 4 is 17.7 Å². The number of fused-ring (bicyclic) bond motifs is 1. The molecule has 0 bridgehead atoms. The Labute approximate surface area is 145 Å². The summed E-state index contributed by atoms with van der Waals surface area (Å²) in [5.41, 5.74) is 1.26. The van der Waals surface area contributed by atoms with Crippen molar-refractivity contribution in [2.75, 3.05) is 18.7 Å². The van der Waals surface area contributed by atoms with Gasteiger partial charge in [0, 0.05) is 5.69 Å². The first kappa shape index (κ1) is 16.4. The van der Waals surface area contributed by atoms with Gasteiger partial charge in [-0.1, -0.05) is 6.07 Å². The van der Waals surface area contributed by atoms with E-state index in [1.807, 2.05) is 13.0 Å². The molecule has 0 unspecified atom stereocenters. The molecule has 0 saturated heterocycles. The fourth-order valence-electron chi connectivity index (χ4n) is 2.32. The molecule has 0 radical (unpaired) electrons. The molecule has 6 nitrogen and oxygen atoms in total. The SMILES string of the molecule is CCOc1ccc(NC(=O)/C(C#N)=C/c2ccc3c(c2)OCO3)cc1. The second-order valence-electron chi connectivity index (χ2n) is 5.19. The monoisotopic (exact) mass is 336 g/mol. The van der Waals surface area contributed by atoms with Crippen LogP contribution in [0.15, 0.2) is 48.0 Å². The molecule has 1 N–H and O–H groups in total. The average molecular weight is 336 g/mol. The maximum Gasteiger partial charge on any atom is 0.266 e. The van der Waals surface area contributed by atoms with E-state index in [-0.39, 0.29) is 12.4 Å². The number of nitrogens with zero attached hydrogens (tertiary/aromatic N) is 1. The third kappa shape index (κ3) is 3.90. The number of benzene rings is 2. The Morgan fingerprint density at radius 1 is 1.24 bits per heavy atom.